The van der Waals surface area contributed by atoms with Crippen LogP contribution in [0.5, 0.6) is 0 Å². The van der Waals surface area contributed by atoms with Crippen LogP contribution >= 0.6 is 15.9 Å². The molecule has 0 bridgehead atoms. The molecule has 0 aliphatic carbocycles. The van der Waals surface area contributed by atoms with E-state index < -0.39 is 0 Å². The predicted molar refractivity (Wildman–Crippen MR) is 124 cm³/mol. The van der Waals surface area contributed by atoms with E-state index in [1.165, 1.54) is 6.92 Å². The number of Topliss-reactive ketones (excluding diaryl/α,β-unsaturated/α-hetero) is 1. The first-order valence-electron chi connectivity index (χ1n) is 9.80. The van der Waals surface area contributed by atoms with E-state index in [4.69, 9.17) is 0 Å². The number of imidazole rings is 1. The van der Waals surface area contributed by atoms with Crippen molar-refractivity contribution >= 4 is 38.4 Å². The molecule has 0 saturated heterocycles. The molecule has 2 aromatic heterocycles. The molecule has 2 heterocycles. The molecule has 7 nitrogen and oxygen atoms in total. The number of hydrogen-bond acceptors (Lipinski definition) is 5. The minimum atomic E-state index is -0.316. The van der Waals surface area contributed by atoms with Crippen LogP contribution in [0.4, 0.5) is 5.69 Å². The number of aliphatic hydroxyl groups excluding tert-OH is 1. The average molecular weight is 481 g/mol. The van der Waals surface area contributed by atoms with Crippen molar-refractivity contribution in [3.8, 4) is 11.4 Å². The molecule has 0 fully saturated rings. The van der Waals surface area contributed by atoms with Crippen LogP contribution in [-0.2, 0) is 6.42 Å². The molecule has 0 aliphatic heterocycles. The van der Waals surface area contributed by atoms with Crippen LogP contribution in [0.3, 0.4) is 0 Å². The molecule has 1 unspecified atom stereocenters. The van der Waals surface area contributed by atoms with Crippen molar-refractivity contribution in [2.75, 3.05) is 11.9 Å². The SMILES string of the molecule is CC(=O)c1cc(Br)c2nc(-c3c(NC(CO)Cc4ccccc4)cc[nH]c3=O)[nH]c2c1. The number of anilines is 1. The van der Waals surface area contributed by atoms with Gasteiger partial charge in [0.05, 0.1) is 23.9 Å². The topological polar surface area (TPSA) is 111 Å². The van der Waals surface area contributed by atoms with E-state index in [-0.39, 0.29) is 24.0 Å². The number of ketones is 1. The summed E-state index contributed by atoms with van der Waals surface area (Å²) in [7, 11) is 0. The summed E-state index contributed by atoms with van der Waals surface area (Å²) in [5.41, 5.74) is 3.46. The highest BCUT2D eigenvalue weighted by atomic mass is 79.9. The van der Waals surface area contributed by atoms with Gasteiger partial charge < -0.3 is 20.4 Å². The van der Waals surface area contributed by atoms with E-state index in [2.05, 4.69) is 36.2 Å². The third-order valence-electron chi connectivity index (χ3n) is 5.05. The predicted octanol–water partition coefficient (Wildman–Crippen LogP) is 3.90. The normalized spacial score (nSPS) is 12.1. The number of aliphatic hydroxyl groups is 1. The van der Waals surface area contributed by atoms with Crippen LogP contribution in [0.2, 0.25) is 0 Å². The Morgan fingerprint density at radius 1 is 1.23 bits per heavy atom. The first-order chi connectivity index (χ1) is 15.0. The lowest BCUT2D eigenvalue weighted by atomic mass is 10.1. The van der Waals surface area contributed by atoms with Gasteiger partial charge in [0.2, 0.25) is 0 Å². The van der Waals surface area contributed by atoms with Crippen LogP contribution in [0, 0.1) is 0 Å². The molecule has 0 aliphatic rings. The summed E-state index contributed by atoms with van der Waals surface area (Å²) in [6, 6.07) is 14.7. The summed E-state index contributed by atoms with van der Waals surface area (Å²) >= 11 is 3.46. The van der Waals surface area contributed by atoms with Crippen molar-refractivity contribution in [2.24, 2.45) is 0 Å². The number of fused-ring (bicyclic) bond motifs is 1. The highest BCUT2D eigenvalue weighted by molar-refractivity contribution is 9.10. The standard InChI is InChI=1S/C23H21BrN4O3/c1-13(30)15-10-17(24)21-19(11-15)27-22(28-21)20-18(7-8-25-23(20)31)26-16(12-29)9-14-5-3-2-4-6-14/h2-8,10-11,16,29H,9,12H2,1H3,(H,27,28)(H2,25,26,31). The lowest BCUT2D eigenvalue weighted by Gasteiger charge is -2.19. The molecule has 0 spiro atoms. The maximum absolute atomic E-state index is 12.7. The Kier molecular flexibility index (Phi) is 6.01. The molecule has 0 amide bonds. The Morgan fingerprint density at radius 2 is 2.00 bits per heavy atom. The van der Waals surface area contributed by atoms with Crippen LogP contribution in [-0.4, -0.2) is 38.5 Å². The van der Waals surface area contributed by atoms with Gasteiger partial charge in [-0.3, -0.25) is 9.59 Å². The van der Waals surface area contributed by atoms with Gasteiger partial charge in [0.25, 0.3) is 5.56 Å². The number of aromatic nitrogens is 3. The number of pyridine rings is 1. The number of rotatable bonds is 7. The molecular formula is C23H21BrN4O3. The third-order valence-corrected chi connectivity index (χ3v) is 5.65. The van der Waals surface area contributed by atoms with Crippen molar-refractivity contribution in [3.63, 3.8) is 0 Å². The van der Waals surface area contributed by atoms with Crippen molar-refractivity contribution in [2.45, 2.75) is 19.4 Å². The number of carbonyl (C=O) groups is 1. The maximum atomic E-state index is 12.7. The zero-order valence-corrected chi connectivity index (χ0v) is 18.4. The fourth-order valence-electron chi connectivity index (χ4n) is 3.51. The summed E-state index contributed by atoms with van der Waals surface area (Å²) < 4.78 is 0.664. The van der Waals surface area contributed by atoms with Crippen molar-refractivity contribution < 1.29 is 9.90 Å². The smallest absolute Gasteiger partial charge is 0.261 e. The van der Waals surface area contributed by atoms with Crippen molar-refractivity contribution in [1.82, 2.24) is 15.0 Å². The Morgan fingerprint density at radius 3 is 2.71 bits per heavy atom. The second kappa shape index (κ2) is 8.87. The number of nitrogens with one attached hydrogen (secondary N) is 3. The van der Waals surface area contributed by atoms with E-state index in [0.717, 1.165) is 5.56 Å². The fraction of sp³-hybridized carbons (Fsp3) is 0.174. The number of benzene rings is 2. The second-order valence-electron chi connectivity index (χ2n) is 7.30. The first kappa shape index (κ1) is 21.0. The monoisotopic (exact) mass is 480 g/mol. The minimum absolute atomic E-state index is 0.0645. The van der Waals surface area contributed by atoms with Gasteiger partial charge >= 0.3 is 0 Å². The largest absolute Gasteiger partial charge is 0.394 e. The Hall–Kier alpha value is -3.23. The number of nitrogens with zero attached hydrogens (tertiary/aromatic N) is 1. The maximum Gasteiger partial charge on any atom is 0.261 e. The number of hydrogen-bond donors (Lipinski definition) is 4. The summed E-state index contributed by atoms with van der Waals surface area (Å²) in [4.78, 5) is 34.9. The molecule has 8 heteroatoms. The molecule has 4 aromatic rings. The van der Waals surface area contributed by atoms with Crippen LogP contribution < -0.4 is 10.9 Å². The van der Waals surface area contributed by atoms with Gasteiger partial charge in [-0.2, -0.15) is 0 Å². The third kappa shape index (κ3) is 4.45. The first-order valence-corrected chi connectivity index (χ1v) is 10.6. The van der Waals surface area contributed by atoms with E-state index in [9.17, 15) is 14.7 Å². The van der Waals surface area contributed by atoms with Gasteiger partial charge in [0.1, 0.15) is 16.9 Å². The second-order valence-corrected chi connectivity index (χ2v) is 8.16. The number of halogens is 1. The zero-order valence-electron chi connectivity index (χ0n) is 16.8. The number of H-pyrrole nitrogens is 2. The van der Waals surface area contributed by atoms with Gasteiger partial charge in [-0.25, -0.2) is 4.98 Å². The van der Waals surface area contributed by atoms with Gasteiger partial charge in [0.15, 0.2) is 5.78 Å². The van der Waals surface area contributed by atoms with Gasteiger partial charge in [-0.15, -0.1) is 0 Å². The van der Waals surface area contributed by atoms with Gasteiger partial charge in [-0.1, -0.05) is 30.3 Å². The molecular weight excluding hydrogens is 460 g/mol. The summed E-state index contributed by atoms with van der Waals surface area (Å²) in [5, 5.41) is 13.2. The molecule has 0 saturated carbocycles. The summed E-state index contributed by atoms with van der Waals surface area (Å²) in [6.45, 7) is 1.39. The van der Waals surface area contributed by atoms with Crippen LogP contribution in [0.15, 0.2) is 64.0 Å². The molecule has 31 heavy (non-hydrogen) atoms. The highest BCUT2D eigenvalue weighted by Gasteiger charge is 2.19. The molecule has 158 valence electrons. The molecule has 4 N–H and O–H groups in total. The Balaban J connectivity index is 1.73. The van der Waals surface area contributed by atoms with Crippen molar-refractivity contribution in [3.05, 3.63) is 80.7 Å². The number of carbonyl (C=O) groups excluding carboxylic acids is 1. The van der Waals surface area contributed by atoms with E-state index in [0.29, 0.717) is 44.6 Å². The molecule has 2 aromatic carbocycles. The highest BCUT2D eigenvalue weighted by Crippen LogP contribution is 2.29. The quantitative estimate of drug-likeness (QED) is 0.300. The lowest BCUT2D eigenvalue weighted by Crippen LogP contribution is -2.28. The fourth-order valence-corrected chi connectivity index (χ4v) is 4.06. The van der Waals surface area contributed by atoms with E-state index >= 15 is 0 Å². The van der Waals surface area contributed by atoms with E-state index in [1.807, 2.05) is 30.3 Å². The van der Waals surface area contributed by atoms with Crippen LogP contribution in [0.1, 0.15) is 22.8 Å². The lowest BCUT2D eigenvalue weighted by molar-refractivity contribution is 0.101. The summed E-state index contributed by atoms with van der Waals surface area (Å²) in [5.74, 6) is 0.308. The van der Waals surface area contributed by atoms with Crippen LogP contribution in [0.25, 0.3) is 22.4 Å². The van der Waals surface area contributed by atoms with Gasteiger partial charge in [0, 0.05) is 16.2 Å². The minimum Gasteiger partial charge on any atom is -0.394 e. The molecule has 0 radical (unpaired) electrons. The van der Waals surface area contributed by atoms with E-state index in [1.54, 1.807) is 24.4 Å². The molecule has 4 rings (SSSR count). The number of aromatic amines is 2. The molecule has 1 atom stereocenters. The zero-order chi connectivity index (χ0) is 22.0. The summed E-state index contributed by atoms with van der Waals surface area (Å²) in [6.07, 6.45) is 2.15. The van der Waals surface area contributed by atoms with Crippen molar-refractivity contribution in [1.29, 1.82) is 0 Å². The Bertz CT molecular complexity index is 1300. The van der Waals surface area contributed by atoms with Gasteiger partial charge in [-0.05, 0) is 53.0 Å². The Labute approximate surface area is 186 Å². The average Bonchev–Trinajstić information content (AvgIpc) is 3.18.